The Morgan fingerprint density at radius 3 is 2.55 bits per heavy atom. The van der Waals surface area contributed by atoms with Crippen molar-refractivity contribution in [3.05, 3.63) is 71.3 Å². The Labute approximate surface area is 119 Å². The topological polar surface area (TPSA) is 50.4 Å². The van der Waals surface area contributed by atoms with Crippen molar-refractivity contribution in [1.82, 2.24) is 5.32 Å². The zero-order chi connectivity index (χ0) is 13.9. The minimum Gasteiger partial charge on any atom is -0.370 e. The predicted molar refractivity (Wildman–Crippen MR) is 82.5 cm³/mol. The lowest BCUT2D eigenvalue weighted by Crippen LogP contribution is -2.39. The maximum absolute atomic E-state index is 5.97. The first-order valence-electron chi connectivity index (χ1n) is 6.94. The Kier molecular flexibility index (Phi) is 3.42. The van der Waals surface area contributed by atoms with Crippen molar-refractivity contribution >= 4 is 5.96 Å². The van der Waals surface area contributed by atoms with Crippen molar-refractivity contribution in [2.45, 2.75) is 25.4 Å². The molecule has 3 nitrogen and oxygen atoms in total. The molecule has 2 aromatic rings. The van der Waals surface area contributed by atoms with Crippen LogP contribution in [0.15, 0.2) is 59.6 Å². The van der Waals surface area contributed by atoms with Crippen LogP contribution >= 0.6 is 0 Å². The Balaban J connectivity index is 1.88. The number of aliphatic imine (C=N–C) groups is 1. The largest absolute Gasteiger partial charge is 0.370 e. The lowest BCUT2D eigenvalue weighted by molar-refractivity contribution is 0.487. The van der Waals surface area contributed by atoms with Gasteiger partial charge in [0.05, 0.1) is 12.1 Å². The smallest absolute Gasteiger partial charge is 0.189 e. The average Bonchev–Trinajstić information content (AvgIpc) is 2.47. The molecule has 1 aliphatic rings. The molecule has 3 heteroatoms. The lowest BCUT2D eigenvalue weighted by Gasteiger charge is -2.29. The highest BCUT2D eigenvalue weighted by Crippen LogP contribution is 2.32. The Hall–Kier alpha value is -2.29. The molecule has 0 aromatic heterocycles. The van der Waals surface area contributed by atoms with Crippen molar-refractivity contribution in [1.29, 1.82) is 0 Å². The van der Waals surface area contributed by atoms with E-state index in [-0.39, 0.29) is 12.1 Å². The minimum absolute atomic E-state index is 0.126. The third kappa shape index (κ3) is 2.67. The lowest BCUT2D eigenvalue weighted by atomic mass is 9.93. The van der Waals surface area contributed by atoms with Crippen LogP contribution < -0.4 is 11.1 Å². The van der Waals surface area contributed by atoms with E-state index in [0.717, 1.165) is 6.42 Å². The monoisotopic (exact) mass is 265 g/mol. The van der Waals surface area contributed by atoms with E-state index in [0.29, 0.717) is 5.96 Å². The molecule has 3 N–H and O–H groups in total. The molecular weight excluding hydrogens is 246 g/mol. The molecule has 2 aromatic carbocycles. The van der Waals surface area contributed by atoms with Gasteiger partial charge in [-0.3, -0.25) is 0 Å². The molecule has 0 radical (unpaired) electrons. The van der Waals surface area contributed by atoms with Gasteiger partial charge in [0.25, 0.3) is 0 Å². The van der Waals surface area contributed by atoms with Crippen molar-refractivity contribution in [2.24, 2.45) is 10.7 Å². The van der Waals surface area contributed by atoms with E-state index in [2.05, 4.69) is 65.8 Å². The molecule has 0 saturated carbocycles. The second kappa shape index (κ2) is 5.37. The SMILES string of the molecule is Cc1cccc(C2CC(c3ccccc3)NC(N)=N2)c1. The summed E-state index contributed by atoms with van der Waals surface area (Å²) in [4.78, 5) is 4.55. The molecule has 1 aliphatic heterocycles. The van der Waals surface area contributed by atoms with Gasteiger partial charge in [0, 0.05) is 0 Å². The van der Waals surface area contributed by atoms with E-state index in [9.17, 15) is 0 Å². The molecule has 2 atom stereocenters. The predicted octanol–water partition coefficient (Wildman–Crippen LogP) is 3.09. The van der Waals surface area contributed by atoms with Gasteiger partial charge in [-0.15, -0.1) is 0 Å². The van der Waals surface area contributed by atoms with Crippen molar-refractivity contribution < 1.29 is 0 Å². The number of rotatable bonds is 2. The fourth-order valence-corrected chi connectivity index (χ4v) is 2.71. The molecule has 0 spiro atoms. The van der Waals surface area contributed by atoms with E-state index in [1.807, 2.05) is 6.07 Å². The zero-order valence-electron chi connectivity index (χ0n) is 11.6. The van der Waals surface area contributed by atoms with Crippen LogP contribution in [0.1, 0.15) is 35.2 Å². The van der Waals surface area contributed by atoms with E-state index < -0.39 is 0 Å². The van der Waals surface area contributed by atoms with E-state index >= 15 is 0 Å². The van der Waals surface area contributed by atoms with Crippen molar-refractivity contribution in [3.63, 3.8) is 0 Å². The van der Waals surface area contributed by atoms with Gasteiger partial charge >= 0.3 is 0 Å². The third-order valence-electron chi connectivity index (χ3n) is 3.70. The number of hydrogen-bond acceptors (Lipinski definition) is 3. The van der Waals surface area contributed by atoms with Gasteiger partial charge in [0.1, 0.15) is 0 Å². The normalized spacial score (nSPS) is 21.9. The summed E-state index contributed by atoms with van der Waals surface area (Å²) in [5, 5.41) is 3.27. The van der Waals surface area contributed by atoms with Crippen LogP contribution in [0.4, 0.5) is 0 Å². The first-order valence-corrected chi connectivity index (χ1v) is 6.94. The van der Waals surface area contributed by atoms with Crippen molar-refractivity contribution in [2.75, 3.05) is 0 Å². The molecule has 0 fully saturated rings. The summed E-state index contributed by atoms with van der Waals surface area (Å²) in [5.74, 6) is 0.525. The van der Waals surface area contributed by atoms with Gasteiger partial charge in [-0.25, -0.2) is 4.99 Å². The fourth-order valence-electron chi connectivity index (χ4n) is 2.71. The van der Waals surface area contributed by atoms with E-state index in [1.54, 1.807) is 0 Å². The zero-order valence-corrected chi connectivity index (χ0v) is 11.6. The summed E-state index contributed by atoms with van der Waals surface area (Å²) in [6, 6.07) is 19.2. The molecule has 0 bridgehead atoms. The van der Waals surface area contributed by atoms with Crippen LogP contribution in [0.2, 0.25) is 0 Å². The van der Waals surface area contributed by atoms with Gasteiger partial charge in [0.2, 0.25) is 0 Å². The Bertz CT molecular complexity index is 619. The number of benzene rings is 2. The number of nitrogens with zero attached hydrogens (tertiary/aromatic N) is 1. The van der Waals surface area contributed by atoms with E-state index in [4.69, 9.17) is 5.73 Å². The van der Waals surface area contributed by atoms with Crippen LogP contribution in [0.5, 0.6) is 0 Å². The van der Waals surface area contributed by atoms with Crippen molar-refractivity contribution in [3.8, 4) is 0 Å². The van der Waals surface area contributed by atoms with Gasteiger partial charge < -0.3 is 11.1 Å². The standard InChI is InChI=1S/C17H19N3/c1-12-6-5-9-14(10-12)16-11-15(19-17(18)20-16)13-7-3-2-4-8-13/h2-10,15-16H,11H2,1H3,(H3,18,19,20). The summed E-state index contributed by atoms with van der Waals surface area (Å²) in [7, 11) is 0. The van der Waals surface area contributed by atoms with Crippen LogP contribution in [0.3, 0.4) is 0 Å². The number of guanidine groups is 1. The molecule has 2 unspecified atom stereocenters. The summed E-state index contributed by atoms with van der Waals surface area (Å²) in [6.45, 7) is 2.10. The van der Waals surface area contributed by atoms with Crippen LogP contribution in [-0.2, 0) is 0 Å². The molecule has 0 amide bonds. The summed E-state index contributed by atoms with van der Waals surface area (Å²) in [5.41, 5.74) is 9.71. The van der Waals surface area contributed by atoms with Gasteiger partial charge in [0.15, 0.2) is 5.96 Å². The fraction of sp³-hybridized carbons (Fsp3) is 0.235. The average molecular weight is 265 g/mol. The third-order valence-corrected chi connectivity index (χ3v) is 3.70. The highest BCUT2D eigenvalue weighted by Gasteiger charge is 2.24. The number of hydrogen-bond donors (Lipinski definition) is 2. The number of nitrogens with two attached hydrogens (primary N) is 1. The quantitative estimate of drug-likeness (QED) is 0.876. The minimum atomic E-state index is 0.126. The highest BCUT2D eigenvalue weighted by atomic mass is 15.1. The summed E-state index contributed by atoms with van der Waals surface area (Å²) >= 11 is 0. The molecule has 20 heavy (non-hydrogen) atoms. The maximum Gasteiger partial charge on any atom is 0.189 e. The van der Waals surface area contributed by atoms with Gasteiger partial charge in [-0.05, 0) is 24.5 Å². The summed E-state index contributed by atoms with van der Waals surface area (Å²) in [6.07, 6.45) is 0.925. The first kappa shape index (κ1) is 12.7. The van der Waals surface area contributed by atoms with Crippen LogP contribution in [-0.4, -0.2) is 5.96 Å². The molecule has 0 aliphatic carbocycles. The summed E-state index contributed by atoms with van der Waals surface area (Å²) < 4.78 is 0. The van der Waals surface area contributed by atoms with Crippen LogP contribution in [0.25, 0.3) is 0 Å². The Morgan fingerprint density at radius 1 is 1.05 bits per heavy atom. The number of nitrogens with one attached hydrogen (secondary N) is 1. The van der Waals surface area contributed by atoms with Gasteiger partial charge in [-0.2, -0.15) is 0 Å². The molecular formula is C17H19N3. The molecule has 102 valence electrons. The number of aryl methyl sites for hydroxylation is 1. The molecule has 3 rings (SSSR count). The highest BCUT2D eigenvalue weighted by molar-refractivity contribution is 5.79. The van der Waals surface area contributed by atoms with Gasteiger partial charge in [-0.1, -0.05) is 60.2 Å². The van der Waals surface area contributed by atoms with Crippen LogP contribution in [0, 0.1) is 6.92 Å². The van der Waals surface area contributed by atoms with E-state index in [1.165, 1.54) is 16.7 Å². The first-order chi connectivity index (χ1) is 9.72. The second-order valence-electron chi connectivity index (χ2n) is 5.29. The second-order valence-corrected chi connectivity index (χ2v) is 5.29. The Morgan fingerprint density at radius 2 is 1.80 bits per heavy atom. The molecule has 0 saturated heterocycles. The molecule has 1 heterocycles. The maximum atomic E-state index is 5.97.